The van der Waals surface area contributed by atoms with Crippen molar-refractivity contribution in [3.63, 3.8) is 0 Å². The molecular weight excluding hydrogens is 216 g/mol. The number of amides is 1. The number of nitrogens with one attached hydrogen (secondary N) is 1. The predicted molar refractivity (Wildman–Crippen MR) is 67.7 cm³/mol. The number of ether oxygens (including phenoxy) is 1. The van der Waals surface area contributed by atoms with E-state index in [4.69, 9.17) is 10.5 Å². The molecule has 0 fully saturated rings. The van der Waals surface area contributed by atoms with Crippen LogP contribution in [0, 0.1) is 0 Å². The van der Waals surface area contributed by atoms with E-state index in [-0.39, 0.29) is 18.1 Å². The lowest BCUT2D eigenvalue weighted by Gasteiger charge is -2.21. The molecule has 0 saturated heterocycles. The largest absolute Gasteiger partial charge is 0.488 e. The van der Waals surface area contributed by atoms with Crippen LogP contribution in [-0.2, 0) is 11.3 Å². The highest BCUT2D eigenvalue weighted by Crippen LogP contribution is 2.19. The Labute approximate surface area is 102 Å². The van der Waals surface area contributed by atoms with E-state index in [9.17, 15) is 4.79 Å². The summed E-state index contributed by atoms with van der Waals surface area (Å²) in [5.41, 5.74) is 5.98. The molecule has 0 saturated carbocycles. The van der Waals surface area contributed by atoms with Crippen LogP contribution in [0.1, 0.15) is 26.3 Å². The minimum Gasteiger partial charge on any atom is -0.488 e. The molecule has 0 aliphatic carbocycles. The van der Waals surface area contributed by atoms with Crippen molar-refractivity contribution in [2.24, 2.45) is 5.73 Å². The zero-order valence-corrected chi connectivity index (χ0v) is 10.6. The lowest BCUT2D eigenvalue weighted by molar-refractivity contribution is -0.119. The zero-order chi connectivity index (χ0) is 12.9. The third kappa shape index (κ3) is 5.36. The molecular formula is C13H20N2O2. The van der Waals surface area contributed by atoms with Crippen molar-refractivity contribution in [3.05, 3.63) is 29.8 Å². The molecule has 4 nitrogen and oxygen atoms in total. The van der Waals surface area contributed by atoms with E-state index in [0.29, 0.717) is 6.54 Å². The van der Waals surface area contributed by atoms with Crippen LogP contribution < -0.4 is 15.8 Å². The maximum atomic E-state index is 11.0. The number of nitrogens with two attached hydrogens (primary N) is 1. The van der Waals surface area contributed by atoms with Crippen molar-refractivity contribution >= 4 is 5.91 Å². The van der Waals surface area contributed by atoms with Crippen molar-refractivity contribution in [2.75, 3.05) is 6.54 Å². The number of hydrogen-bond donors (Lipinski definition) is 2. The van der Waals surface area contributed by atoms with Crippen molar-refractivity contribution in [1.82, 2.24) is 5.32 Å². The molecule has 0 bridgehead atoms. The van der Waals surface area contributed by atoms with Gasteiger partial charge in [-0.3, -0.25) is 4.79 Å². The highest BCUT2D eigenvalue weighted by molar-refractivity contribution is 5.77. The molecule has 94 valence electrons. The summed E-state index contributed by atoms with van der Waals surface area (Å²) in [4.78, 5) is 11.0. The first-order valence-corrected chi connectivity index (χ1v) is 5.65. The van der Waals surface area contributed by atoms with Crippen molar-refractivity contribution in [2.45, 2.75) is 32.9 Å². The molecule has 0 spiro atoms. The van der Waals surface area contributed by atoms with Gasteiger partial charge in [-0.25, -0.2) is 0 Å². The van der Waals surface area contributed by atoms with Gasteiger partial charge < -0.3 is 15.8 Å². The van der Waals surface area contributed by atoms with Crippen molar-refractivity contribution in [1.29, 1.82) is 0 Å². The van der Waals surface area contributed by atoms with Crippen LogP contribution in [0.25, 0.3) is 0 Å². The topological polar surface area (TPSA) is 64.3 Å². The summed E-state index contributed by atoms with van der Waals surface area (Å²) < 4.78 is 5.74. The SMILES string of the molecule is CC(C)(C)Oc1cccc(CNC(=O)CN)c1. The Kier molecular flexibility index (Phi) is 4.52. The van der Waals surface area contributed by atoms with E-state index in [0.717, 1.165) is 11.3 Å². The second-order valence-electron chi connectivity index (χ2n) is 4.84. The molecule has 1 rings (SSSR count). The van der Waals surface area contributed by atoms with Crippen LogP contribution in [0.2, 0.25) is 0 Å². The Morgan fingerprint density at radius 2 is 2.12 bits per heavy atom. The summed E-state index contributed by atoms with van der Waals surface area (Å²) in [5, 5.41) is 2.72. The summed E-state index contributed by atoms with van der Waals surface area (Å²) >= 11 is 0. The summed E-state index contributed by atoms with van der Waals surface area (Å²) in [6.07, 6.45) is 0. The van der Waals surface area contributed by atoms with Gasteiger partial charge in [-0.1, -0.05) is 12.1 Å². The smallest absolute Gasteiger partial charge is 0.234 e. The van der Waals surface area contributed by atoms with Gasteiger partial charge in [-0.05, 0) is 38.5 Å². The molecule has 3 N–H and O–H groups in total. The quantitative estimate of drug-likeness (QED) is 0.831. The fourth-order valence-electron chi connectivity index (χ4n) is 1.35. The number of benzene rings is 1. The van der Waals surface area contributed by atoms with E-state index in [1.54, 1.807) is 0 Å². The summed E-state index contributed by atoms with van der Waals surface area (Å²) in [7, 11) is 0. The van der Waals surface area contributed by atoms with Gasteiger partial charge in [-0.2, -0.15) is 0 Å². The standard InChI is InChI=1S/C13H20N2O2/c1-13(2,3)17-11-6-4-5-10(7-11)9-15-12(16)8-14/h4-7H,8-9,14H2,1-3H3,(H,15,16). The first kappa shape index (κ1) is 13.5. The molecule has 4 heteroatoms. The van der Waals surface area contributed by atoms with Gasteiger partial charge in [0, 0.05) is 6.54 Å². The summed E-state index contributed by atoms with van der Waals surface area (Å²) in [6.45, 7) is 6.47. The summed E-state index contributed by atoms with van der Waals surface area (Å²) in [5.74, 6) is 0.643. The Hall–Kier alpha value is -1.55. The first-order valence-electron chi connectivity index (χ1n) is 5.65. The molecule has 0 aromatic heterocycles. The molecule has 0 unspecified atom stereocenters. The maximum absolute atomic E-state index is 11.0. The molecule has 0 aliphatic rings. The molecule has 0 heterocycles. The number of hydrogen-bond acceptors (Lipinski definition) is 3. The van der Waals surface area contributed by atoms with Crippen LogP contribution in [-0.4, -0.2) is 18.1 Å². The van der Waals surface area contributed by atoms with Gasteiger partial charge >= 0.3 is 0 Å². The lowest BCUT2D eigenvalue weighted by Crippen LogP contribution is -2.29. The normalized spacial score (nSPS) is 11.1. The average molecular weight is 236 g/mol. The third-order valence-electron chi connectivity index (χ3n) is 2.00. The van der Waals surface area contributed by atoms with Crippen LogP contribution in [0.5, 0.6) is 5.75 Å². The number of rotatable bonds is 4. The molecule has 17 heavy (non-hydrogen) atoms. The fraction of sp³-hybridized carbons (Fsp3) is 0.462. The van der Waals surface area contributed by atoms with Crippen LogP contribution >= 0.6 is 0 Å². The fourth-order valence-corrected chi connectivity index (χ4v) is 1.35. The summed E-state index contributed by atoms with van der Waals surface area (Å²) in [6, 6.07) is 7.67. The minimum absolute atomic E-state index is 0.0121. The minimum atomic E-state index is -0.223. The lowest BCUT2D eigenvalue weighted by atomic mass is 10.1. The molecule has 0 aliphatic heterocycles. The third-order valence-corrected chi connectivity index (χ3v) is 2.00. The molecule has 0 atom stereocenters. The maximum Gasteiger partial charge on any atom is 0.234 e. The average Bonchev–Trinajstić information content (AvgIpc) is 2.24. The van der Waals surface area contributed by atoms with Crippen molar-refractivity contribution < 1.29 is 9.53 Å². The predicted octanol–water partition coefficient (Wildman–Crippen LogP) is 1.44. The van der Waals surface area contributed by atoms with E-state index in [1.807, 2.05) is 45.0 Å². The highest BCUT2D eigenvalue weighted by Gasteiger charge is 2.11. The van der Waals surface area contributed by atoms with Crippen LogP contribution in [0.15, 0.2) is 24.3 Å². The van der Waals surface area contributed by atoms with Crippen molar-refractivity contribution in [3.8, 4) is 5.75 Å². The number of carbonyl (C=O) groups is 1. The van der Waals surface area contributed by atoms with E-state index >= 15 is 0 Å². The first-order chi connectivity index (χ1) is 7.90. The molecule has 1 aromatic carbocycles. The van der Waals surface area contributed by atoms with Gasteiger partial charge in [0.05, 0.1) is 6.54 Å². The Balaban J connectivity index is 2.63. The van der Waals surface area contributed by atoms with E-state index < -0.39 is 0 Å². The Morgan fingerprint density at radius 1 is 1.41 bits per heavy atom. The second kappa shape index (κ2) is 5.68. The Bertz CT molecular complexity index is 383. The van der Waals surface area contributed by atoms with Gasteiger partial charge in [0.25, 0.3) is 0 Å². The number of carbonyl (C=O) groups excluding carboxylic acids is 1. The zero-order valence-electron chi connectivity index (χ0n) is 10.6. The van der Waals surface area contributed by atoms with Gasteiger partial charge in [-0.15, -0.1) is 0 Å². The molecule has 1 amide bonds. The van der Waals surface area contributed by atoms with Gasteiger partial charge in [0.1, 0.15) is 11.4 Å². The second-order valence-corrected chi connectivity index (χ2v) is 4.84. The molecule has 1 aromatic rings. The van der Waals surface area contributed by atoms with E-state index in [1.165, 1.54) is 0 Å². The van der Waals surface area contributed by atoms with Crippen LogP contribution in [0.3, 0.4) is 0 Å². The highest BCUT2D eigenvalue weighted by atomic mass is 16.5. The van der Waals surface area contributed by atoms with Crippen LogP contribution in [0.4, 0.5) is 0 Å². The molecule has 0 radical (unpaired) electrons. The van der Waals surface area contributed by atoms with Gasteiger partial charge in [0.2, 0.25) is 5.91 Å². The monoisotopic (exact) mass is 236 g/mol. The van der Waals surface area contributed by atoms with Gasteiger partial charge in [0.15, 0.2) is 0 Å². The van der Waals surface area contributed by atoms with E-state index in [2.05, 4.69) is 5.32 Å². The Morgan fingerprint density at radius 3 is 2.71 bits per heavy atom.